The number of para-hydroxylation sites is 1. The highest BCUT2D eigenvalue weighted by molar-refractivity contribution is 7.99. The Balaban J connectivity index is 1.58. The molecule has 0 amide bonds. The standard InChI is InChI=1S/C21H24N2OS/c24-19-5-2-1-4-15(19)10-14-11-16-17-13-22-7-6-18(17)23-8-3-9-25-20(12-14)21(16)23/h1-2,4-5,11-12,17-18,22,24H,3,6-10,13H2/t17-,18-/m0/s1. The smallest absolute Gasteiger partial charge is 0.119 e. The molecule has 2 atom stereocenters. The summed E-state index contributed by atoms with van der Waals surface area (Å²) < 4.78 is 0. The molecule has 1 saturated heterocycles. The van der Waals surface area contributed by atoms with Gasteiger partial charge in [-0.25, -0.2) is 0 Å². The molecule has 0 unspecified atom stereocenters. The lowest BCUT2D eigenvalue weighted by Crippen LogP contribution is -2.44. The molecule has 4 heteroatoms. The van der Waals surface area contributed by atoms with E-state index in [2.05, 4.69) is 22.3 Å². The predicted molar refractivity (Wildman–Crippen MR) is 104 cm³/mol. The summed E-state index contributed by atoms with van der Waals surface area (Å²) in [6, 6.07) is 13.2. The molecule has 2 N–H and O–H groups in total. The first kappa shape index (κ1) is 15.6. The quantitative estimate of drug-likeness (QED) is 0.863. The van der Waals surface area contributed by atoms with Crippen LogP contribution in [-0.4, -0.2) is 36.5 Å². The van der Waals surface area contributed by atoms with Crippen molar-refractivity contribution in [2.24, 2.45) is 0 Å². The normalized spacial score (nSPS) is 24.6. The molecule has 0 bridgehead atoms. The van der Waals surface area contributed by atoms with Crippen LogP contribution in [0, 0.1) is 0 Å². The van der Waals surface area contributed by atoms with E-state index in [9.17, 15) is 5.11 Å². The Morgan fingerprint density at radius 1 is 1.24 bits per heavy atom. The van der Waals surface area contributed by atoms with Gasteiger partial charge in [-0.3, -0.25) is 0 Å². The highest BCUT2D eigenvalue weighted by Gasteiger charge is 2.41. The van der Waals surface area contributed by atoms with Gasteiger partial charge in [-0.05, 0) is 54.0 Å². The van der Waals surface area contributed by atoms with E-state index in [-0.39, 0.29) is 0 Å². The SMILES string of the molecule is Oc1ccccc1Cc1cc2c3c(c1)[C@@H]1CNCC[C@@H]1N3CCCS2. The summed E-state index contributed by atoms with van der Waals surface area (Å²) in [5.41, 5.74) is 5.40. The fraction of sp³-hybridized carbons (Fsp3) is 0.429. The van der Waals surface area contributed by atoms with E-state index in [1.165, 1.54) is 46.8 Å². The summed E-state index contributed by atoms with van der Waals surface area (Å²) in [5.74, 6) is 2.23. The molecule has 0 aromatic heterocycles. The van der Waals surface area contributed by atoms with Gasteiger partial charge >= 0.3 is 0 Å². The fourth-order valence-electron chi connectivity index (χ4n) is 4.77. The van der Waals surface area contributed by atoms with Crippen LogP contribution in [0.25, 0.3) is 0 Å². The molecule has 0 saturated carbocycles. The minimum Gasteiger partial charge on any atom is -0.508 e. The predicted octanol–water partition coefficient (Wildman–Crippen LogP) is 3.74. The Morgan fingerprint density at radius 3 is 3.08 bits per heavy atom. The van der Waals surface area contributed by atoms with Crippen LogP contribution < -0.4 is 10.2 Å². The van der Waals surface area contributed by atoms with Gasteiger partial charge in [-0.15, -0.1) is 11.8 Å². The fourth-order valence-corrected chi connectivity index (χ4v) is 5.87. The number of fused-ring (bicyclic) bond motifs is 3. The maximum atomic E-state index is 10.2. The minimum absolute atomic E-state index is 0.403. The van der Waals surface area contributed by atoms with Gasteiger partial charge in [0.25, 0.3) is 0 Å². The number of nitrogens with one attached hydrogen (secondary N) is 1. The molecular weight excluding hydrogens is 328 g/mol. The van der Waals surface area contributed by atoms with Crippen LogP contribution in [0.5, 0.6) is 5.75 Å². The third-order valence-electron chi connectivity index (χ3n) is 5.88. The Morgan fingerprint density at radius 2 is 2.16 bits per heavy atom. The lowest BCUT2D eigenvalue weighted by molar-refractivity contribution is 0.403. The van der Waals surface area contributed by atoms with Crippen LogP contribution in [0.15, 0.2) is 41.3 Å². The monoisotopic (exact) mass is 352 g/mol. The summed E-state index contributed by atoms with van der Waals surface area (Å²) >= 11 is 2.02. The molecule has 25 heavy (non-hydrogen) atoms. The molecule has 0 radical (unpaired) electrons. The third-order valence-corrected chi connectivity index (χ3v) is 7.00. The molecule has 3 nitrogen and oxygen atoms in total. The molecular formula is C21H24N2OS. The molecule has 5 rings (SSSR count). The number of hydrogen-bond acceptors (Lipinski definition) is 4. The Bertz CT molecular complexity index is 806. The second-order valence-electron chi connectivity index (χ2n) is 7.40. The third kappa shape index (κ3) is 2.63. The van der Waals surface area contributed by atoms with Crippen LogP contribution in [0.3, 0.4) is 0 Å². The first-order chi connectivity index (χ1) is 12.3. The van der Waals surface area contributed by atoms with Gasteiger partial charge in [0.1, 0.15) is 5.75 Å². The number of benzene rings is 2. The topological polar surface area (TPSA) is 35.5 Å². The van der Waals surface area contributed by atoms with Crippen LogP contribution in [0.2, 0.25) is 0 Å². The zero-order valence-electron chi connectivity index (χ0n) is 14.4. The van der Waals surface area contributed by atoms with E-state index >= 15 is 0 Å². The van der Waals surface area contributed by atoms with E-state index in [1.54, 1.807) is 6.07 Å². The van der Waals surface area contributed by atoms with Gasteiger partial charge in [0.05, 0.1) is 5.69 Å². The van der Waals surface area contributed by atoms with Crippen LogP contribution in [0.1, 0.15) is 35.4 Å². The number of thioether (sulfide) groups is 1. The lowest BCUT2D eigenvalue weighted by Gasteiger charge is -2.33. The van der Waals surface area contributed by atoms with Crippen molar-refractivity contribution < 1.29 is 5.11 Å². The van der Waals surface area contributed by atoms with Gasteiger partial charge in [-0.2, -0.15) is 0 Å². The van der Waals surface area contributed by atoms with Crippen molar-refractivity contribution in [1.82, 2.24) is 5.32 Å². The lowest BCUT2D eigenvalue weighted by atomic mass is 9.89. The highest BCUT2D eigenvalue weighted by atomic mass is 32.2. The molecule has 2 aromatic carbocycles. The molecule has 1 fully saturated rings. The van der Waals surface area contributed by atoms with Gasteiger partial charge in [-0.1, -0.05) is 24.3 Å². The Kier molecular flexibility index (Phi) is 3.90. The van der Waals surface area contributed by atoms with Crippen LogP contribution >= 0.6 is 11.8 Å². The first-order valence-corrected chi connectivity index (χ1v) is 10.3. The second-order valence-corrected chi connectivity index (χ2v) is 8.54. The van der Waals surface area contributed by atoms with Gasteiger partial charge < -0.3 is 15.3 Å². The van der Waals surface area contributed by atoms with Gasteiger partial charge in [0.2, 0.25) is 0 Å². The average molecular weight is 353 g/mol. The molecule has 3 aliphatic rings. The largest absolute Gasteiger partial charge is 0.508 e. The van der Waals surface area contributed by atoms with E-state index in [0.717, 1.165) is 25.1 Å². The number of phenolic OH excluding ortho intramolecular Hbond substituents is 1. The van der Waals surface area contributed by atoms with E-state index in [4.69, 9.17) is 0 Å². The molecule has 2 aromatic rings. The number of piperidine rings is 1. The van der Waals surface area contributed by atoms with Crippen molar-refractivity contribution in [3.8, 4) is 5.75 Å². The van der Waals surface area contributed by atoms with Crippen LogP contribution in [0.4, 0.5) is 5.69 Å². The van der Waals surface area contributed by atoms with E-state index < -0.39 is 0 Å². The average Bonchev–Trinajstić information content (AvgIpc) is 2.80. The molecule has 0 aliphatic carbocycles. The van der Waals surface area contributed by atoms with Crippen molar-refractivity contribution in [2.45, 2.75) is 36.1 Å². The summed E-state index contributed by atoms with van der Waals surface area (Å²) in [6.07, 6.45) is 3.32. The Labute approximate surface area is 153 Å². The van der Waals surface area contributed by atoms with Crippen molar-refractivity contribution >= 4 is 17.4 Å². The first-order valence-electron chi connectivity index (χ1n) is 9.35. The zero-order valence-corrected chi connectivity index (χ0v) is 15.2. The maximum absolute atomic E-state index is 10.2. The van der Waals surface area contributed by atoms with Crippen LogP contribution in [-0.2, 0) is 6.42 Å². The van der Waals surface area contributed by atoms with Crippen molar-refractivity contribution in [3.05, 3.63) is 53.1 Å². The zero-order chi connectivity index (χ0) is 16.8. The summed E-state index contributed by atoms with van der Waals surface area (Å²) in [7, 11) is 0. The number of hydrogen-bond donors (Lipinski definition) is 2. The second kappa shape index (κ2) is 6.26. The number of phenols is 1. The summed E-state index contributed by atoms with van der Waals surface area (Å²) in [4.78, 5) is 4.16. The number of nitrogens with zero attached hydrogens (tertiary/aromatic N) is 1. The van der Waals surface area contributed by atoms with Crippen molar-refractivity contribution in [2.75, 3.05) is 30.3 Å². The molecule has 3 heterocycles. The van der Waals surface area contributed by atoms with Gasteiger partial charge in [0, 0.05) is 36.4 Å². The molecule has 0 spiro atoms. The number of aromatic hydroxyl groups is 1. The molecule has 3 aliphatic heterocycles. The number of anilines is 1. The number of rotatable bonds is 2. The Hall–Kier alpha value is -1.65. The van der Waals surface area contributed by atoms with E-state index in [1.807, 2.05) is 30.0 Å². The summed E-state index contributed by atoms with van der Waals surface area (Å²) in [5, 5.41) is 13.8. The van der Waals surface area contributed by atoms with Crippen molar-refractivity contribution in [3.63, 3.8) is 0 Å². The minimum atomic E-state index is 0.403. The summed E-state index contributed by atoms with van der Waals surface area (Å²) in [6.45, 7) is 3.43. The maximum Gasteiger partial charge on any atom is 0.119 e. The highest BCUT2D eigenvalue weighted by Crippen LogP contribution is 2.50. The van der Waals surface area contributed by atoms with Crippen molar-refractivity contribution in [1.29, 1.82) is 0 Å². The molecule has 130 valence electrons. The van der Waals surface area contributed by atoms with Gasteiger partial charge in [0.15, 0.2) is 0 Å². The van der Waals surface area contributed by atoms with E-state index in [0.29, 0.717) is 17.7 Å².